The van der Waals surface area contributed by atoms with Gasteiger partial charge in [0, 0.05) is 23.9 Å². The van der Waals surface area contributed by atoms with Crippen LogP contribution in [0.3, 0.4) is 0 Å². The van der Waals surface area contributed by atoms with Crippen LogP contribution in [0.2, 0.25) is 0 Å². The highest BCUT2D eigenvalue weighted by Gasteiger charge is 2.38. The molecular formula is C28H32N2O5. The number of amides is 2. The molecule has 35 heavy (non-hydrogen) atoms. The van der Waals surface area contributed by atoms with Crippen molar-refractivity contribution in [3.8, 4) is 11.1 Å². The minimum absolute atomic E-state index is 0.0000229. The molecule has 0 heterocycles. The van der Waals surface area contributed by atoms with Crippen molar-refractivity contribution in [1.29, 1.82) is 0 Å². The predicted octanol–water partition coefficient (Wildman–Crippen LogP) is 4.45. The minimum Gasteiger partial charge on any atom is -0.481 e. The normalized spacial score (nSPS) is 25.0. The first-order valence-corrected chi connectivity index (χ1v) is 12.6. The van der Waals surface area contributed by atoms with E-state index >= 15 is 0 Å². The number of carboxylic acids is 1. The van der Waals surface area contributed by atoms with Gasteiger partial charge in [0.05, 0.1) is 6.42 Å². The molecule has 0 saturated heterocycles. The van der Waals surface area contributed by atoms with Crippen LogP contribution in [-0.2, 0) is 14.3 Å². The average molecular weight is 477 g/mol. The van der Waals surface area contributed by atoms with E-state index in [0.717, 1.165) is 25.7 Å². The molecule has 0 aromatic heterocycles. The van der Waals surface area contributed by atoms with E-state index in [0.29, 0.717) is 12.8 Å². The van der Waals surface area contributed by atoms with E-state index in [1.54, 1.807) is 0 Å². The number of fused-ring (bicyclic) bond motifs is 3. The number of aliphatic carboxylic acids is 1. The molecule has 2 amide bonds. The summed E-state index contributed by atoms with van der Waals surface area (Å²) in [5, 5.41) is 15.1. The van der Waals surface area contributed by atoms with Crippen molar-refractivity contribution in [3.63, 3.8) is 0 Å². The third kappa shape index (κ3) is 5.04. The lowest BCUT2D eigenvalue weighted by Crippen LogP contribution is -2.52. The Bertz CT molecular complexity index is 1060. The molecule has 5 rings (SSSR count). The lowest BCUT2D eigenvalue weighted by atomic mass is 9.78. The Morgan fingerprint density at radius 2 is 1.51 bits per heavy atom. The van der Waals surface area contributed by atoms with Crippen LogP contribution in [0.1, 0.15) is 62.0 Å². The summed E-state index contributed by atoms with van der Waals surface area (Å²) in [6.07, 6.45) is 4.49. The molecule has 2 saturated carbocycles. The van der Waals surface area contributed by atoms with Crippen molar-refractivity contribution < 1.29 is 24.2 Å². The monoisotopic (exact) mass is 476 g/mol. The maximum Gasteiger partial charge on any atom is 0.407 e. The maximum absolute atomic E-state index is 12.7. The standard InChI is InChI=1S/C28H32N2O5/c31-26(32)15-17-7-1-6-12-25(17)30-27(33)18-13-19(14-18)29-28(34)35-16-24-22-10-4-2-8-20(22)21-9-3-5-11-23(21)24/h2-5,8-11,17-19,24-25H,1,6-7,12-16H2,(H,29,34)(H,30,33)(H,31,32). The third-order valence-electron chi connectivity index (χ3n) is 7.85. The third-order valence-corrected chi connectivity index (χ3v) is 7.85. The second-order valence-corrected chi connectivity index (χ2v) is 10.1. The molecular weight excluding hydrogens is 444 g/mol. The number of carbonyl (C=O) groups excluding carboxylic acids is 2. The molecule has 0 spiro atoms. The number of ether oxygens (including phenoxy) is 1. The zero-order valence-corrected chi connectivity index (χ0v) is 19.7. The quantitative estimate of drug-likeness (QED) is 0.548. The highest BCUT2D eigenvalue weighted by Crippen LogP contribution is 2.44. The van der Waals surface area contributed by atoms with E-state index in [2.05, 4.69) is 34.9 Å². The largest absolute Gasteiger partial charge is 0.481 e. The molecule has 3 N–H and O–H groups in total. The number of nitrogens with one attached hydrogen (secondary N) is 2. The first kappa shape index (κ1) is 23.4. The number of hydrogen-bond donors (Lipinski definition) is 3. The van der Waals surface area contributed by atoms with Gasteiger partial charge in [0.15, 0.2) is 0 Å². The molecule has 2 aromatic rings. The Morgan fingerprint density at radius 3 is 2.17 bits per heavy atom. The highest BCUT2D eigenvalue weighted by atomic mass is 16.5. The summed E-state index contributed by atoms with van der Waals surface area (Å²) in [4.78, 5) is 36.3. The van der Waals surface area contributed by atoms with Crippen LogP contribution in [0.4, 0.5) is 4.79 Å². The molecule has 184 valence electrons. The number of rotatable bonds is 7. The molecule has 0 radical (unpaired) electrons. The van der Waals surface area contributed by atoms with Gasteiger partial charge >= 0.3 is 12.1 Å². The molecule has 3 aliphatic carbocycles. The zero-order valence-electron chi connectivity index (χ0n) is 19.7. The van der Waals surface area contributed by atoms with Gasteiger partial charge in [-0.15, -0.1) is 0 Å². The minimum atomic E-state index is -0.813. The van der Waals surface area contributed by atoms with Gasteiger partial charge in [-0.3, -0.25) is 9.59 Å². The van der Waals surface area contributed by atoms with Crippen LogP contribution in [-0.4, -0.2) is 41.8 Å². The van der Waals surface area contributed by atoms with Gasteiger partial charge in [0.25, 0.3) is 0 Å². The summed E-state index contributed by atoms with van der Waals surface area (Å²) in [5.74, 6) is -0.978. The summed E-state index contributed by atoms with van der Waals surface area (Å²) < 4.78 is 5.61. The summed E-state index contributed by atoms with van der Waals surface area (Å²) in [6, 6.07) is 16.3. The van der Waals surface area contributed by atoms with Crippen molar-refractivity contribution in [2.45, 2.75) is 62.9 Å². The number of carbonyl (C=O) groups is 3. The van der Waals surface area contributed by atoms with Gasteiger partial charge in [0.1, 0.15) is 6.61 Å². The van der Waals surface area contributed by atoms with Crippen LogP contribution in [0, 0.1) is 11.8 Å². The average Bonchev–Trinajstić information content (AvgIpc) is 3.14. The van der Waals surface area contributed by atoms with Gasteiger partial charge in [0.2, 0.25) is 5.91 Å². The molecule has 7 heteroatoms. The number of carboxylic acid groups (broad SMARTS) is 1. The Kier molecular flexibility index (Phi) is 6.75. The smallest absolute Gasteiger partial charge is 0.407 e. The molecule has 2 aromatic carbocycles. The molecule has 2 atom stereocenters. The van der Waals surface area contributed by atoms with Gasteiger partial charge in [-0.2, -0.15) is 0 Å². The molecule has 7 nitrogen and oxygen atoms in total. The van der Waals surface area contributed by atoms with E-state index in [-0.39, 0.29) is 48.8 Å². The summed E-state index contributed by atoms with van der Waals surface area (Å²) in [7, 11) is 0. The number of alkyl carbamates (subject to hydrolysis) is 1. The van der Waals surface area contributed by atoms with Gasteiger partial charge in [-0.1, -0.05) is 61.4 Å². The summed E-state index contributed by atoms with van der Waals surface area (Å²) >= 11 is 0. The van der Waals surface area contributed by atoms with Crippen LogP contribution < -0.4 is 10.6 Å². The Labute approximate surface area is 205 Å². The van der Waals surface area contributed by atoms with Crippen LogP contribution in [0.15, 0.2) is 48.5 Å². The van der Waals surface area contributed by atoms with E-state index in [9.17, 15) is 14.4 Å². The molecule has 2 fully saturated rings. The Balaban J connectivity index is 1.08. The van der Waals surface area contributed by atoms with Crippen LogP contribution >= 0.6 is 0 Å². The van der Waals surface area contributed by atoms with Gasteiger partial charge in [-0.05, 0) is 53.9 Å². The first-order valence-electron chi connectivity index (χ1n) is 12.6. The topological polar surface area (TPSA) is 105 Å². The second kappa shape index (κ2) is 10.1. The van der Waals surface area contributed by atoms with E-state index in [1.165, 1.54) is 22.3 Å². The molecule has 3 aliphatic rings. The molecule has 0 aliphatic heterocycles. The predicted molar refractivity (Wildman–Crippen MR) is 131 cm³/mol. The first-order chi connectivity index (χ1) is 17.0. The zero-order chi connectivity index (χ0) is 24.4. The van der Waals surface area contributed by atoms with E-state index < -0.39 is 12.1 Å². The number of benzene rings is 2. The van der Waals surface area contributed by atoms with Crippen LogP contribution in [0.5, 0.6) is 0 Å². The van der Waals surface area contributed by atoms with Crippen molar-refractivity contribution in [2.75, 3.05) is 6.61 Å². The summed E-state index contributed by atoms with van der Waals surface area (Å²) in [5.41, 5.74) is 4.72. The van der Waals surface area contributed by atoms with E-state index in [4.69, 9.17) is 9.84 Å². The summed E-state index contributed by atoms with van der Waals surface area (Å²) in [6.45, 7) is 0.267. The van der Waals surface area contributed by atoms with Crippen molar-refractivity contribution >= 4 is 18.0 Å². The fourth-order valence-electron chi connectivity index (χ4n) is 5.92. The van der Waals surface area contributed by atoms with Crippen molar-refractivity contribution in [3.05, 3.63) is 59.7 Å². The highest BCUT2D eigenvalue weighted by molar-refractivity contribution is 5.81. The fraction of sp³-hybridized carbons (Fsp3) is 0.464. The van der Waals surface area contributed by atoms with Gasteiger partial charge in [-0.25, -0.2) is 4.79 Å². The SMILES string of the molecule is O=C(O)CC1CCCCC1NC(=O)C1CC(NC(=O)OCC2c3ccccc3-c3ccccc32)C1. The lowest BCUT2D eigenvalue weighted by Gasteiger charge is -2.37. The molecule has 0 bridgehead atoms. The van der Waals surface area contributed by atoms with Gasteiger partial charge < -0.3 is 20.5 Å². The molecule has 2 unspecified atom stereocenters. The lowest BCUT2D eigenvalue weighted by molar-refractivity contribution is -0.139. The Hall–Kier alpha value is -3.35. The Morgan fingerprint density at radius 1 is 0.886 bits per heavy atom. The van der Waals surface area contributed by atoms with E-state index in [1.807, 2.05) is 24.3 Å². The maximum atomic E-state index is 12.7. The van der Waals surface area contributed by atoms with Crippen molar-refractivity contribution in [2.24, 2.45) is 11.8 Å². The second-order valence-electron chi connectivity index (χ2n) is 10.1. The number of hydrogen-bond acceptors (Lipinski definition) is 4. The van der Waals surface area contributed by atoms with Crippen LogP contribution in [0.25, 0.3) is 11.1 Å². The fourth-order valence-corrected chi connectivity index (χ4v) is 5.92. The van der Waals surface area contributed by atoms with Crippen molar-refractivity contribution in [1.82, 2.24) is 10.6 Å².